The summed E-state index contributed by atoms with van der Waals surface area (Å²) in [5.74, 6) is 1.59. The van der Waals surface area contributed by atoms with Crippen LogP contribution in [0.1, 0.15) is 18.2 Å². The highest BCUT2D eigenvalue weighted by molar-refractivity contribution is 6.35. The van der Waals surface area contributed by atoms with E-state index in [0.29, 0.717) is 10.9 Å². The minimum absolute atomic E-state index is 0.524. The largest absolute Gasteiger partial charge is 0.460 e. The summed E-state index contributed by atoms with van der Waals surface area (Å²) in [7, 11) is 0. The minimum atomic E-state index is 0.524. The zero-order chi connectivity index (χ0) is 14.8. The first-order valence-electron chi connectivity index (χ1n) is 7.45. The fourth-order valence-corrected chi connectivity index (χ4v) is 3.59. The summed E-state index contributed by atoms with van der Waals surface area (Å²) in [6, 6.07) is 9.97. The van der Waals surface area contributed by atoms with Gasteiger partial charge in [0.25, 0.3) is 0 Å². The van der Waals surface area contributed by atoms with E-state index in [-0.39, 0.29) is 0 Å². The number of rotatable bonds is 0. The lowest BCUT2D eigenvalue weighted by molar-refractivity contribution is 0.513. The topological polar surface area (TPSA) is 26.3 Å². The molecule has 0 radical (unpaired) electrons. The van der Waals surface area contributed by atoms with Gasteiger partial charge in [-0.3, -0.25) is 0 Å². The van der Waals surface area contributed by atoms with E-state index in [0.717, 1.165) is 45.1 Å². The Labute approximate surface area is 131 Å². The van der Waals surface area contributed by atoms with E-state index in [4.69, 9.17) is 20.4 Å². The Morgan fingerprint density at radius 2 is 1.86 bits per heavy atom. The van der Waals surface area contributed by atoms with Gasteiger partial charge >= 0.3 is 0 Å². The van der Waals surface area contributed by atoms with Crippen LogP contribution in [0.4, 0.5) is 0 Å². The molecule has 1 unspecified atom stereocenters. The highest BCUT2D eigenvalue weighted by atomic mass is 35.5. The summed E-state index contributed by atoms with van der Waals surface area (Å²) in [5.41, 5.74) is 3.69. The highest BCUT2D eigenvalue weighted by Crippen LogP contribution is 2.39. The quantitative estimate of drug-likeness (QED) is 0.387. The number of benzene rings is 2. The molecular formula is C19H13ClO2. The standard InChI is InChI=1S/C19H13ClO2/c1-10-5-6-11-13-8-18-14(9-17(13)21-16(11)7-10)12-3-2-4-15(20)19(12)22-18/h2-6,8-10H,7H2,1H3. The van der Waals surface area contributed by atoms with Gasteiger partial charge in [-0.1, -0.05) is 42.8 Å². The molecule has 108 valence electrons. The Bertz CT molecular complexity index is 1080. The minimum Gasteiger partial charge on any atom is -0.460 e. The Kier molecular flexibility index (Phi) is 2.35. The molecule has 1 aliphatic rings. The lowest BCUT2D eigenvalue weighted by atomic mass is 9.95. The van der Waals surface area contributed by atoms with Crippen LogP contribution in [0.2, 0.25) is 5.02 Å². The lowest BCUT2D eigenvalue weighted by Gasteiger charge is -2.09. The number of hydrogen-bond acceptors (Lipinski definition) is 2. The van der Waals surface area contributed by atoms with Crippen LogP contribution < -0.4 is 0 Å². The molecule has 22 heavy (non-hydrogen) atoms. The van der Waals surface area contributed by atoms with Crippen molar-refractivity contribution in [3.63, 3.8) is 0 Å². The van der Waals surface area contributed by atoms with Gasteiger partial charge in [-0.2, -0.15) is 0 Å². The maximum Gasteiger partial charge on any atom is 0.153 e. The Morgan fingerprint density at radius 3 is 2.77 bits per heavy atom. The third kappa shape index (κ3) is 1.56. The first-order chi connectivity index (χ1) is 10.7. The van der Waals surface area contributed by atoms with Crippen molar-refractivity contribution in [1.82, 2.24) is 0 Å². The van der Waals surface area contributed by atoms with Gasteiger partial charge in [0.05, 0.1) is 5.02 Å². The summed E-state index contributed by atoms with van der Waals surface area (Å²) in [4.78, 5) is 0. The van der Waals surface area contributed by atoms with E-state index in [1.165, 1.54) is 5.56 Å². The van der Waals surface area contributed by atoms with Gasteiger partial charge in [-0.25, -0.2) is 0 Å². The molecule has 3 heteroatoms. The van der Waals surface area contributed by atoms with E-state index in [2.05, 4.69) is 31.2 Å². The van der Waals surface area contributed by atoms with Crippen LogP contribution in [-0.2, 0) is 6.42 Å². The van der Waals surface area contributed by atoms with Gasteiger partial charge < -0.3 is 8.83 Å². The fourth-order valence-electron chi connectivity index (χ4n) is 3.38. The zero-order valence-electron chi connectivity index (χ0n) is 12.0. The SMILES string of the molecule is CC1C=Cc2c(oc3cc4c(cc23)oc2c(Cl)cccc24)C1. The molecule has 2 heterocycles. The van der Waals surface area contributed by atoms with Gasteiger partial charge in [0.1, 0.15) is 16.9 Å². The molecule has 2 nitrogen and oxygen atoms in total. The van der Waals surface area contributed by atoms with Crippen LogP contribution >= 0.6 is 11.6 Å². The van der Waals surface area contributed by atoms with Crippen LogP contribution in [0, 0.1) is 5.92 Å². The van der Waals surface area contributed by atoms with E-state index in [1.54, 1.807) is 0 Å². The maximum absolute atomic E-state index is 6.24. The summed E-state index contributed by atoms with van der Waals surface area (Å²) < 4.78 is 12.1. The lowest BCUT2D eigenvalue weighted by Crippen LogP contribution is -2.00. The molecule has 0 amide bonds. The number of furan rings is 2. The monoisotopic (exact) mass is 308 g/mol. The highest BCUT2D eigenvalue weighted by Gasteiger charge is 2.20. The average molecular weight is 309 g/mol. The number of halogens is 1. The average Bonchev–Trinajstić information content (AvgIpc) is 3.03. The molecule has 1 atom stereocenters. The van der Waals surface area contributed by atoms with Crippen molar-refractivity contribution in [1.29, 1.82) is 0 Å². The molecule has 0 spiro atoms. The van der Waals surface area contributed by atoms with Crippen LogP contribution in [0.5, 0.6) is 0 Å². The maximum atomic E-state index is 6.24. The molecule has 0 saturated carbocycles. The number of hydrogen-bond donors (Lipinski definition) is 0. The van der Waals surface area contributed by atoms with Crippen molar-refractivity contribution in [2.24, 2.45) is 5.92 Å². The Balaban J connectivity index is 1.90. The van der Waals surface area contributed by atoms with E-state index >= 15 is 0 Å². The first kappa shape index (κ1) is 12.4. The number of fused-ring (bicyclic) bond motifs is 6. The van der Waals surface area contributed by atoms with Crippen molar-refractivity contribution in [2.75, 3.05) is 0 Å². The van der Waals surface area contributed by atoms with Gasteiger partial charge in [0.15, 0.2) is 5.58 Å². The molecule has 0 fully saturated rings. The molecule has 0 bridgehead atoms. The van der Waals surface area contributed by atoms with Gasteiger partial charge in [0.2, 0.25) is 0 Å². The predicted molar refractivity (Wildman–Crippen MR) is 90.4 cm³/mol. The molecule has 1 aliphatic carbocycles. The molecule has 0 aliphatic heterocycles. The normalized spacial score (nSPS) is 17.6. The van der Waals surface area contributed by atoms with Crippen molar-refractivity contribution in [3.05, 3.63) is 52.8 Å². The van der Waals surface area contributed by atoms with Crippen molar-refractivity contribution in [2.45, 2.75) is 13.3 Å². The number of allylic oxidation sites excluding steroid dienone is 1. The van der Waals surface area contributed by atoms with Crippen LogP contribution in [0.25, 0.3) is 39.0 Å². The van der Waals surface area contributed by atoms with Crippen LogP contribution in [-0.4, -0.2) is 0 Å². The fraction of sp³-hybridized carbons (Fsp3) is 0.158. The van der Waals surface area contributed by atoms with E-state index in [9.17, 15) is 0 Å². The van der Waals surface area contributed by atoms with Crippen molar-refractivity contribution in [3.8, 4) is 0 Å². The third-order valence-corrected chi connectivity index (χ3v) is 4.77. The molecular weight excluding hydrogens is 296 g/mol. The second kappa shape index (κ2) is 4.17. The van der Waals surface area contributed by atoms with Crippen molar-refractivity contribution < 1.29 is 8.83 Å². The van der Waals surface area contributed by atoms with Gasteiger partial charge in [-0.15, -0.1) is 0 Å². The Hall–Kier alpha value is -2.19. The summed E-state index contributed by atoms with van der Waals surface area (Å²) in [6.07, 6.45) is 5.35. The first-order valence-corrected chi connectivity index (χ1v) is 7.83. The molecule has 2 aromatic carbocycles. The summed E-state index contributed by atoms with van der Waals surface area (Å²) >= 11 is 6.24. The molecule has 2 aromatic heterocycles. The van der Waals surface area contributed by atoms with Crippen molar-refractivity contribution >= 4 is 50.6 Å². The van der Waals surface area contributed by atoms with Crippen LogP contribution in [0.15, 0.2) is 45.2 Å². The molecule has 4 aromatic rings. The number of para-hydroxylation sites is 1. The van der Waals surface area contributed by atoms with E-state index < -0.39 is 0 Å². The molecule has 0 saturated heterocycles. The summed E-state index contributed by atoms with van der Waals surface area (Å²) in [5, 5.41) is 3.83. The van der Waals surface area contributed by atoms with Crippen LogP contribution in [0.3, 0.4) is 0 Å². The third-order valence-electron chi connectivity index (χ3n) is 4.47. The Morgan fingerprint density at radius 1 is 1.05 bits per heavy atom. The van der Waals surface area contributed by atoms with E-state index in [1.807, 2.05) is 18.2 Å². The summed E-state index contributed by atoms with van der Waals surface area (Å²) in [6.45, 7) is 2.20. The predicted octanol–water partition coefficient (Wildman–Crippen LogP) is 6.19. The van der Waals surface area contributed by atoms with Gasteiger partial charge in [0, 0.05) is 28.1 Å². The molecule has 5 rings (SSSR count). The van der Waals surface area contributed by atoms with Gasteiger partial charge in [-0.05, 0) is 24.1 Å². The molecule has 0 N–H and O–H groups in total. The smallest absolute Gasteiger partial charge is 0.153 e. The second-order valence-electron chi connectivity index (χ2n) is 6.04. The second-order valence-corrected chi connectivity index (χ2v) is 6.45. The zero-order valence-corrected chi connectivity index (χ0v) is 12.8.